The molecule has 21 heavy (non-hydrogen) atoms. The Bertz CT molecular complexity index is 459. The summed E-state index contributed by atoms with van der Waals surface area (Å²) in [5, 5.41) is 3.58. The topological polar surface area (TPSA) is 15.3 Å². The number of rotatable bonds is 4. The maximum absolute atomic E-state index is 13.7. The summed E-state index contributed by atoms with van der Waals surface area (Å²) in [6.07, 6.45) is 3.71. The smallest absolute Gasteiger partial charge is 0.123 e. The van der Waals surface area contributed by atoms with E-state index in [1.54, 1.807) is 12.1 Å². The van der Waals surface area contributed by atoms with Crippen molar-refractivity contribution >= 4 is 0 Å². The van der Waals surface area contributed by atoms with E-state index in [-0.39, 0.29) is 5.82 Å². The minimum absolute atomic E-state index is 0.121. The first kappa shape index (κ1) is 16.4. The largest absolute Gasteiger partial charge is 0.314 e. The van der Waals surface area contributed by atoms with Crippen molar-refractivity contribution < 1.29 is 4.39 Å². The van der Waals surface area contributed by atoms with Crippen LogP contribution >= 0.6 is 0 Å². The highest BCUT2D eigenvalue weighted by Crippen LogP contribution is 2.35. The Morgan fingerprint density at radius 2 is 2.10 bits per heavy atom. The van der Waals surface area contributed by atoms with Crippen LogP contribution in [0.3, 0.4) is 0 Å². The molecule has 2 atom stereocenters. The van der Waals surface area contributed by atoms with Crippen LogP contribution in [0.5, 0.6) is 0 Å². The average Bonchev–Trinajstić information content (AvgIpc) is 2.61. The van der Waals surface area contributed by atoms with Gasteiger partial charge in [-0.25, -0.2) is 4.39 Å². The lowest BCUT2D eigenvalue weighted by molar-refractivity contribution is 0.186. The van der Waals surface area contributed by atoms with E-state index in [0.717, 1.165) is 18.7 Å². The Morgan fingerprint density at radius 3 is 2.81 bits per heavy atom. The number of hydrogen-bond donors (Lipinski definition) is 1. The van der Waals surface area contributed by atoms with Crippen molar-refractivity contribution in [2.24, 2.45) is 5.92 Å². The molecule has 2 nitrogen and oxygen atoms in total. The van der Waals surface area contributed by atoms with Crippen LogP contribution in [-0.2, 0) is 0 Å². The van der Waals surface area contributed by atoms with Gasteiger partial charge in [-0.15, -0.1) is 0 Å². The molecule has 1 saturated heterocycles. The van der Waals surface area contributed by atoms with Gasteiger partial charge in [-0.05, 0) is 62.5 Å². The molecule has 1 aromatic rings. The fraction of sp³-hybridized carbons (Fsp3) is 0.667. The number of halogens is 1. The second kappa shape index (κ2) is 7.37. The zero-order valence-corrected chi connectivity index (χ0v) is 13.8. The third-order valence-corrected chi connectivity index (χ3v) is 4.61. The van der Waals surface area contributed by atoms with Crippen molar-refractivity contribution in [2.75, 3.05) is 20.1 Å². The summed E-state index contributed by atoms with van der Waals surface area (Å²) in [6.45, 7) is 8.56. The SMILES string of the molecule is Cc1ccc(F)cc1C1C(CNC(C)C)CCCCN1C. The average molecular weight is 292 g/mol. The van der Waals surface area contributed by atoms with Gasteiger partial charge in [0.05, 0.1) is 0 Å². The Labute approximate surface area is 128 Å². The second-order valence-corrected chi connectivity index (χ2v) is 6.75. The van der Waals surface area contributed by atoms with Crippen LogP contribution in [0, 0.1) is 18.7 Å². The molecule has 1 N–H and O–H groups in total. The number of nitrogens with zero attached hydrogens (tertiary/aromatic N) is 1. The molecule has 0 saturated carbocycles. The molecule has 0 amide bonds. The summed E-state index contributed by atoms with van der Waals surface area (Å²) in [6, 6.07) is 6.03. The van der Waals surface area contributed by atoms with Crippen LogP contribution in [0.1, 0.15) is 50.3 Å². The fourth-order valence-electron chi connectivity index (χ4n) is 3.45. The summed E-state index contributed by atoms with van der Waals surface area (Å²) >= 11 is 0. The summed E-state index contributed by atoms with van der Waals surface area (Å²) < 4.78 is 13.7. The van der Waals surface area contributed by atoms with Crippen molar-refractivity contribution in [1.82, 2.24) is 10.2 Å². The molecule has 0 spiro atoms. The highest BCUT2D eigenvalue weighted by molar-refractivity contribution is 5.30. The van der Waals surface area contributed by atoms with E-state index in [4.69, 9.17) is 0 Å². The van der Waals surface area contributed by atoms with Crippen LogP contribution in [0.15, 0.2) is 18.2 Å². The van der Waals surface area contributed by atoms with Crippen molar-refractivity contribution in [2.45, 2.75) is 52.1 Å². The van der Waals surface area contributed by atoms with Gasteiger partial charge in [0, 0.05) is 18.6 Å². The van der Waals surface area contributed by atoms with Crippen molar-refractivity contribution in [1.29, 1.82) is 0 Å². The molecular formula is C18H29FN2. The minimum atomic E-state index is -0.121. The number of hydrogen-bond acceptors (Lipinski definition) is 2. The van der Waals surface area contributed by atoms with E-state index < -0.39 is 0 Å². The molecule has 1 heterocycles. The van der Waals surface area contributed by atoms with Gasteiger partial charge in [0.1, 0.15) is 5.82 Å². The molecule has 1 aliphatic rings. The number of likely N-dealkylation sites (tertiary alicyclic amines) is 1. The number of nitrogens with one attached hydrogen (secondary N) is 1. The Kier molecular flexibility index (Phi) is 5.77. The van der Waals surface area contributed by atoms with Gasteiger partial charge >= 0.3 is 0 Å². The highest BCUT2D eigenvalue weighted by Gasteiger charge is 2.30. The zero-order valence-electron chi connectivity index (χ0n) is 13.8. The first-order chi connectivity index (χ1) is 9.99. The normalized spacial score (nSPS) is 24.3. The molecule has 0 bridgehead atoms. The standard InChI is InChI=1S/C18H29FN2/c1-13(2)20-12-15-7-5-6-10-21(4)18(15)17-11-16(19)9-8-14(17)3/h8-9,11,13,15,18,20H,5-7,10,12H2,1-4H3. The van der Waals surface area contributed by atoms with Crippen molar-refractivity contribution in [3.8, 4) is 0 Å². The third kappa shape index (κ3) is 4.27. The molecule has 0 aliphatic carbocycles. The third-order valence-electron chi connectivity index (χ3n) is 4.61. The van der Waals surface area contributed by atoms with Gasteiger partial charge in [-0.3, -0.25) is 4.90 Å². The summed E-state index contributed by atoms with van der Waals surface area (Å²) in [5.41, 5.74) is 2.36. The Morgan fingerprint density at radius 1 is 1.33 bits per heavy atom. The van der Waals surface area contributed by atoms with Gasteiger partial charge < -0.3 is 5.32 Å². The second-order valence-electron chi connectivity index (χ2n) is 6.75. The van der Waals surface area contributed by atoms with E-state index in [2.05, 4.69) is 38.0 Å². The number of aryl methyl sites for hydroxylation is 1. The lowest BCUT2D eigenvalue weighted by Gasteiger charge is -2.34. The predicted octanol–water partition coefficient (Wildman–Crippen LogP) is 3.91. The van der Waals surface area contributed by atoms with Gasteiger partial charge in [0.15, 0.2) is 0 Å². The molecule has 1 fully saturated rings. The molecule has 0 aromatic heterocycles. The first-order valence-corrected chi connectivity index (χ1v) is 8.18. The number of benzene rings is 1. The molecule has 3 heteroatoms. The van der Waals surface area contributed by atoms with E-state index in [0.29, 0.717) is 18.0 Å². The van der Waals surface area contributed by atoms with Gasteiger partial charge in [-0.1, -0.05) is 26.3 Å². The molecule has 1 aromatic carbocycles. The minimum Gasteiger partial charge on any atom is -0.314 e. The molecule has 1 aliphatic heterocycles. The van der Waals surface area contributed by atoms with Gasteiger partial charge in [0.25, 0.3) is 0 Å². The van der Waals surface area contributed by atoms with E-state index in [1.165, 1.54) is 24.8 Å². The Balaban J connectivity index is 2.29. The van der Waals surface area contributed by atoms with Crippen LogP contribution in [-0.4, -0.2) is 31.1 Å². The monoisotopic (exact) mass is 292 g/mol. The van der Waals surface area contributed by atoms with E-state index in [1.807, 2.05) is 6.07 Å². The van der Waals surface area contributed by atoms with Crippen LogP contribution in [0.25, 0.3) is 0 Å². The van der Waals surface area contributed by atoms with Crippen LogP contribution in [0.4, 0.5) is 4.39 Å². The molecule has 2 rings (SSSR count). The van der Waals surface area contributed by atoms with Crippen LogP contribution < -0.4 is 5.32 Å². The van der Waals surface area contributed by atoms with E-state index in [9.17, 15) is 4.39 Å². The lowest BCUT2D eigenvalue weighted by Crippen LogP contribution is -2.37. The fourth-order valence-corrected chi connectivity index (χ4v) is 3.45. The van der Waals surface area contributed by atoms with Crippen molar-refractivity contribution in [3.63, 3.8) is 0 Å². The van der Waals surface area contributed by atoms with Crippen LogP contribution in [0.2, 0.25) is 0 Å². The first-order valence-electron chi connectivity index (χ1n) is 8.18. The maximum Gasteiger partial charge on any atom is 0.123 e. The van der Waals surface area contributed by atoms with Gasteiger partial charge in [-0.2, -0.15) is 0 Å². The molecular weight excluding hydrogens is 263 g/mol. The van der Waals surface area contributed by atoms with E-state index >= 15 is 0 Å². The predicted molar refractivity (Wildman–Crippen MR) is 87.0 cm³/mol. The van der Waals surface area contributed by atoms with Crippen molar-refractivity contribution in [3.05, 3.63) is 35.1 Å². The molecule has 118 valence electrons. The molecule has 0 radical (unpaired) electrons. The molecule has 2 unspecified atom stereocenters. The quantitative estimate of drug-likeness (QED) is 0.905. The summed E-state index contributed by atoms with van der Waals surface area (Å²) in [5.74, 6) is 0.421. The Hall–Kier alpha value is -0.930. The van der Waals surface area contributed by atoms with Gasteiger partial charge in [0.2, 0.25) is 0 Å². The summed E-state index contributed by atoms with van der Waals surface area (Å²) in [4.78, 5) is 2.42. The maximum atomic E-state index is 13.7. The zero-order chi connectivity index (χ0) is 15.4. The lowest BCUT2D eigenvalue weighted by atomic mass is 9.87. The highest BCUT2D eigenvalue weighted by atomic mass is 19.1. The summed E-state index contributed by atoms with van der Waals surface area (Å²) in [7, 11) is 2.18.